The normalized spacial score (nSPS) is 20.2. The van der Waals surface area contributed by atoms with Gasteiger partial charge in [0.05, 0.1) is 54.0 Å². The minimum Gasteiger partial charge on any atom is -0.383 e. The number of aromatic nitrogens is 5. The number of benzene rings is 1. The van der Waals surface area contributed by atoms with E-state index in [0.717, 1.165) is 79.8 Å². The Morgan fingerprint density at radius 3 is 2.93 bits per heavy atom. The summed E-state index contributed by atoms with van der Waals surface area (Å²) in [5, 5.41) is 11.8. The topological polar surface area (TPSA) is 95.5 Å². The van der Waals surface area contributed by atoms with E-state index < -0.39 is 0 Å². The summed E-state index contributed by atoms with van der Waals surface area (Å²) < 4.78 is 13.0. The van der Waals surface area contributed by atoms with Crippen molar-refractivity contribution in [2.45, 2.75) is 37.7 Å². The standard InChI is InChI=1S/C30H36N8O2S2/c1-39-12-10-37(19-29-32-7-14-41-29)21-5-8-36(9-6-21)30(27-15-25-28(42-27)17-31-20-33-25)38-11-13-40-26(18-38)22-3-2-4-24-23(22)16-34-35-24/h2-4,7,14-17,20-21,26,30H,5-6,8-13,18-19H2,1H3,(H,34,35). The maximum atomic E-state index is 6.40. The Morgan fingerprint density at radius 2 is 2.10 bits per heavy atom. The van der Waals surface area contributed by atoms with Gasteiger partial charge in [-0.3, -0.25) is 19.8 Å². The van der Waals surface area contributed by atoms with Crippen LogP contribution in [0.5, 0.6) is 0 Å². The fourth-order valence-electron chi connectivity index (χ4n) is 6.47. The molecule has 2 aliphatic heterocycles. The highest BCUT2D eigenvalue weighted by molar-refractivity contribution is 7.19. The Labute approximate surface area is 253 Å². The zero-order chi connectivity index (χ0) is 28.3. The van der Waals surface area contributed by atoms with Gasteiger partial charge in [-0.2, -0.15) is 5.10 Å². The highest BCUT2D eigenvalue weighted by Gasteiger charge is 2.36. The molecule has 6 heterocycles. The van der Waals surface area contributed by atoms with Gasteiger partial charge in [-0.15, -0.1) is 22.7 Å². The van der Waals surface area contributed by atoms with Crippen LogP contribution in [0.4, 0.5) is 0 Å². The van der Waals surface area contributed by atoms with E-state index in [1.807, 2.05) is 29.9 Å². The van der Waals surface area contributed by atoms with Gasteiger partial charge in [-0.05, 0) is 30.5 Å². The number of methoxy groups -OCH3 is 1. The minimum absolute atomic E-state index is 0.0166. The number of thiophene rings is 1. The quantitative estimate of drug-likeness (QED) is 0.243. The summed E-state index contributed by atoms with van der Waals surface area (Å²) in [6.07, 6.45) is 9.77. The van der Waals surface area contributed by atoms with Gasteiger partial charge >= 0.3 is 0 Å². The molecule has 7 rings (SSSR count). The number of hydrogen-bond donors (Lipinski definition) is 1. The lowest BCUT2D eigenvalue weighted by molar-refractivity contribution is -0.0837. The second-order valence-corrected chi connectivity index (χ2v) is 13.1. The molecular weight excluding hydrogens is 569 g/mol. The Hall–Kier alpha value is -2.84. The van der Waals surface area contributed by atoms with Crippen molar-refractivity contribution in [1.29, 1.82) is 0 Å². The molecule has 2 saturated heterocycles. The van der Waals surface area contributed by atoms with E-state index >= 15 is 0 Å². The first-order valence-electron chi connectivity index (χ1n) is 14.6. The van der Waals surface area contributed by atoms with Crippen molar-refractivity contribution in [3.63, 3.8) is 0 Å². The number of aromatic amines is 1. The van der Waals surface area contributed by atoms with Crippen LogP contribution in [0.25, 0.3) is 21.1 Å². The van der Waals surface area contributed by atoms with E-state index in [0.29, 0.717) is 12.6 Å². The number of likely N-dealkylation sites (tertiary alicyclic amines) is 1. The molecule has 2 fully saturated rings. The smallest absolute Gasteiger partial charge is 0.116 e. The molecular formula is C30H36N8O2S2. The maximum absolute atomic E-state index is 6.40. The molecule has 220 valence electrons. The molecule has 2 unspecified atom stereocenters. The summed E-state index contributed by atoms with van der Waals surface area (Å²) in [6, 6.07) is 9.12. The molecule has 2 atom stereocenters. The second kappa shape index (κ2) is 12.8. The molecule has 0 spiro atoms. The lowest BCUT2D eigenvalue weighted by atomic mass is 10.0. The molecule has 0 saturated carbocycles. The number of thiazole rings is 1. The SMILES string of the molecule is COCCN(Cc1nccs1)C1CCN(C(c2cc3ncncc3s2)N2CCOC(c3cccc4[nH]ncc34)C2)CC1. The lowest BCUT2D eigenvalue weighted by Gasteiger charge is -2.46. The Morgan fingerprint density at radius 1 is 1.17 bits per heavy atom. The average Bonchev–Trinajstić information content (AvgIpc) is 3.81. The van der Waals surface area contributed by atoms with E-state index in [1.54, 1.807) is 24.8 Å². The molecule has 42 heavy (non-hydrogen) atoms. The first-order chi connectivity index (χ1) is 20.8. The van der Waals surface area contributed by atoms with Crippen molar-refractivity contribution in [2.75, 3.05) is 53.0 Å². The number of ether oxygens (including phenoxy) is 2. The van der Waals surface area contributed by atoms with E-state index in [4.69, 9.17) is 9.47 Å². The summed E-state index contributed by atoms with van der Waals surface area (Å²) in [5.41, 5.74) is 3.26. The summed E-state index contributed by atoms with van der Waals surface area (Å²) in [7, 11) is 1.78. The molecule has 0 radical (unpaired) electrons. The van der Waals surface area contributed by atoms with E-state index in [-0.39, 0.29) is 12.3 Å². The van der Waals surface area contributed by atoms with Crippen molar-refractivity contribution in [1.82, 2.24) is 39.8 Å². The highest BCUT2D eigenvalue weighted by Crippen LogP contribution is 2.39. The molecule has 0 aliphatic carbocycles. The molecule has 1 N–H and O–H groups in total. The fourth-order valence-corrected chi connectivity index (χ4v) is 8.27. The van der Waals surface area contributed by atoms with Crippen LogP contribution in [0.3, 0.4) is 0 Å². The summed E-state index contributed by atoms with van der Waals surface area (Å²) in [6.45, 7) is 6.97. The Kier molecular flexibility index (Phi) is 8.52. The van der Waals surface area contributed by atoms with Gasteiger partial charge in [0.25, 0.3) is 0 Å². The molecule has 0 bridgehead atoms. The molecule has 10 nitrogen and oxygen atoms in total. The number of hydrogen-bond acceptors (Lipinski definition) is 11. The van der Waals surface area contributed by atoms with Gasteiger partial charge in [0.15, 0.2) is 0 Å². The van der Waals surface area contributed by atoms with Gasteiger partial charge in [0, 0.05) is 73.9 Å². The van der Waals surface area contributed by atoms with Crippen LogP contribution in [0.15, 0.2) is 54.6 Å². The van der Waals surface area contributed by atoms with Crippen LogP contribution in [0.1, 0.15) is 40.6 Å². The third-order valence-electron chi connectivity index (χ3n) is 8.54. The zero-order valence-corrected chi connectivity index (χ0v) is 25.4. The van der Waals surface area contributed by atoms with Crippen molar-refractivity contribution in [3.05, 3.63) is 70.0 Å². The van der Waals surface area contributed by atoms with E-state index in [1.165, 1.54) is 15.4 Å². The predicted molar refractivity (Wildman–Crippen MR) is 166 cm³/mol. The average molecular weight is 605 g/mol. The molecule has 12 heteroatoms. The van der Waals surface area contributed by atoms with Crippen LogP contribution < -0.4 is 0 Å². The molecule has 0 amide bonds. The summed E-state index contributed by atoms with van der Waals surface area (Å²) in [4.78, 5) is 22.6. The number of fused-ring (bicyclic) bond motifs is 2. The Bertz CT molecular complexity index is 1550. The number of piperidine rings is 1. The number of nitrogens with one attached hydrogen (secondary N) is 1. The summed E-state index contributed by atoms with van der Waals surface area (Å²) in [5.74, 6) is 0. The predicted octanol–water partition coefficient (Wildman–Crippen LogP) is 4.71. The largest absolute Gasteiger partial charge is 0.383 e. The minimum atomic E-state index is -0.0166. The first kappa shape index (κ1) is 28.0. The van der Waals surface area contributed by atoms with Crippen molar-refractivity contribution in [2.24, 2.45) is 0 Å². The van der Waals surface area contributed by atoms with Crippen LogP contribution >= 0.6 is 22.7 Å². The monoisotopic (exact) mass is 604 g/mol. The third-order valence-corrected chi connectivity index (χ3v) is 10.4. The zero-order valence-electron chi connectivity index (χ0n) is 23.8. The Balaban J connectivity index is 1.14. The molecule has 1 aromatic carbocycles. The van der Waals surface area contributed by atoms with Crippen LogP contribution in [0, 0.1) is 0 Å². The molecule has 5 aromatic rings. The van der Waals surface area contributed by atoms with Gasteiger partial charge in [0.1, 0.15) is 11.3 Å². The number of rotatable bonds is 10. The lowest BCUT2D eigenvalue weighted by Crippen LogP contribution is -2.52. The van der Waals surface area contributed by atoms with E-state index in [9.17, 15) is 0 Å². The van der Waals surface area contributed by atoms with Crippen LogP contribution in [-0.4, -0.2) is 98.9 Å². The summed E-state index contributed by atoms with van der Waals surface area (Å²) >= 11 is 3.55. The molecule has 4 aromatic heterocycles. The van der Waals surface area contributed by atoms with Gasteiger partial charge in [0.2, 0.25) is 0 Å². The number of nitrogens with zero attached hydrogens (tertiary/aromatic N) is 7. The fraction of sp³-hybridized carbons (Fsp3) is 0.467. The molecule has 2 aliphatic rings. The number of H-pyrrole nitrogens is 1. The van der Waals surface area contributed by atoms with Crippen molar-refractivity contribution in [3.8, 4) is 0 Å². The first-order valence-corrected chi connectivity index (χ1v) is 16.3. The maximum Gasteiger partial charge on any atom is 0.116 e. The van der Waals surface area contributed by atoms with E-state index in [2.05, 4.69) is 69.5 Å². The third kappa shape index (κ3) is 5.85. The highest BCUT2D eigenvalue weighted by atomic mass is 32.1. The van der Waals surface area contributed by atoms with Crippen molar-refractivity contribution < 1.29 is 9.47 Å². The van der Waals surface area contributed by atoms with Gasteiger partial charge in [-0.25, -0.2) is 15.0 Å². The second-order valence-electron chi connectivity index (χ2n) is 11.0. The van der Waals surface area contributed by atoms with Gasteiger partial charge in [-0.1, -0.05) is 12.1 Å². The van der Waals surface area contributed by atoms with Crippen LogP contribution in [0.2, 0.25) is 0 Å². The van der Waals surface area contributed by atoms with Crippen molar-refractivity contribution >= 4 is 43.8 Å². The van der Waals surface area contributed by atoms with Gasteiger partial charge < -0.3 is 9.47 Å². The van der Waals surface area contributed by atoms with Crippen LogP contribution in [-0.2, 0) is 16.0 Å². The number of morpholine rings is 1.